The molecule has 0 spiro atoms. The number of allylic oxidation sites excluding steroid dienone is 2. The summed E-state index contributed by atoms with van der Waals surface area (Å²) in [5.74, 6) is -0.313. The van der Waals surface area contributed by atoms with Crippen molar-refractivity contribution in [3.63, 3.8) is 0 Å². The van der Waals surface area contributed by atoms with Crippen LogP contribution in [0.1, 0.15) is 20.3 Å². The topological polar surface area (TPSA) is 52.6 Å². The predicted octanol–water partition coefficient (Wildman–Crippen LogP) is 2.17. The fraction of sp³-hybridized carbons (Fsp3) is 0.385. The molecule has 17 heavy (non-hydrogen) atoms. The van der Waals surface area contributed by atoms with Crippen LogP contribution in [-0.4, -0.2) is 25.0 Å². The Hall–Kier alpha value is -1.84. The quantitative estimate of drug-likeness (QED) is 0.281. The molecule has 0 saturated carbocycles. The van der Waals surface area contributed by atoms with Crippen molar-refractivity contribution in [2.24, 2.45) is 0 Å². The molecule has 0 aromatic carbocycles. The molecule has 4 nitrogen and oxygen atoms in total. The van der Waals surface area contributed by atoms with Crippen molar-refractivity contribution in [2.75, 3.05) is 13.2 Å². The third-order valence-corrected chi connectivity index (χ3v) is 1.91. The molecule has 0 N–H and O–H groups in total. The molecule has 0 bridgehead atoms. The highest BCUT2D eigenvalue weighted by atomic mass is 16.6. The Morgan fingerprint density at radius 3 is 2.06 bits per heavy atom. The average Bonchev–Trinajstić information content (AvgIpc) is 2.25. The van der Waals surface area contributed by atoms with Crippen LogP contribution in [0.4, 0.5) is 0 Å². The standard InChI is InChI=1S/C13H18O4/c1-9(2)11(5)17-8-13(15)16-7-6-12(14)10(3)4/h1,3,5-8H2,2,4H3. The lowest BCUT2D eigenvalue weighted by atomic mass is 10.2. The van der Waals surface area contributed by atoms with Gasteiger partial charge in [-0.25, -0.2) is 4.79 Å². The summed E-state index contributed by atoms with van der Waals surface area (Å²) in [5.41, 5.74) is 1.10. The van der Waals surface area contributed by atoms with Gasteiger partial charge < -0.3 is 9.47 Å². The second-order valence-corrected chi connectivity index (χ2v) is 3.67. The highest BCUT2D eigenvalue weighted by molar-refractivity contribution is 5.94. The Kier molecular flexibility index (Phi) is 6.63. The van der Waals surface area contributed by atoms with Crippen LogP contribution in [0, 0.1) is 0 Å². The zero-order valence-electron chi connectivity index (χ0n) is 10.4. The zero-order chi connectivity index (χ0) is 13.4. The van der Waals surface area contributed by atoms with Crippen LogP contribution in [-0.2, 0) is 19.1 Å². The Labute approximate surface area is 102 Å². The van der Waals surface area contributed by atoms with E-state index in [1.807, 2.05) is 0 Å². The van der Waals surface area contributed by atoms with Crippen molar-refractivity contribution in [1.29, 1.82) is 0 Å². The fourth-order valence-electron chi connectivity index (χ4n) is 0.782. The highest BCUT2D eigenvalue weighted by Gasteiger charge is 2.07. The van der Waals surface area contributed by atoms with E-state index in [0.717, 1.165) is 0 Å². The first-order chi connectivity index (χ1) is 7.84. The maximum atomic E-state index is 11.2. The summed E-state index contributed by atoms with van der Waals surface area (Å²) in [5, 5.41) is 0. The molecule has 0 atom stereocenters. The number of ketones is 1. The van der Waals surface area contributed by atoms with Gasteiger partial charge in [0.1, 0.15) is 5.76 Å². The number of hydrogen-bond donors (Lipinski definition) is 0. The molecule has 0 aromatic heterocycles. The molecule has 0 aliphatic carbocycles. The molecule has 4 heteroatoms. The van der Waals surface area contributed by atoms with E-state index in [9.17, 15) is 9.59 Å². The maximum Gasteiger partial charge on any atom is 0.344 e. The molecule has 0 fully saturated rings. The van der Waals surface area contributed by atoms with Gasteiger partial charge in [0.05, 0.1) is 6.61 Å². The van der Waals surface area contributed by atoms with Gasteiger partial charge in [0.25, 0.3) is 0 Å². The number of carbonyl (C=O) groups is 2. The first-order valence-corrected chi connectivity index (χ1v) is 5.16. The summed E-state index contributed by atoms with van der Waals surface area (Å²) in [7, 11) is 0. The Balaban J connectivity index is 3.74. The van der Waals surface area contributed by atoms with Gasteiger partial charge in [0.15, 0.2) is 12.4 Å². The van der Waals surface area contributed by atoms with Crippen molar-refractivity contribution >= 4 is 11.8 Å². The van der Waals surface area contributed by atoms with Crippen molar-refractivity contribution < 1.29 is 19.1 Å². The second kappa shape index (κ2) is 7.44. The first-order valence-electron chi connectivity index (χ1n) is 5.16. The summed E-state index contributed by atoms with van der Waals surface area (Å²) in [6.07, 6.45) is 0.141. The van der Waals surface area contributed by atoms with Crippen LogP contribution in [0.25, 0.3) is 0 Å². The number of carbonyl (C=O) groups excluding carboxylic acids is 2. The number of Topliss-reactive ketones (excluding diaryl/α,β-unsaturated/α-hetero) is 1. The van der Waals surface area contributed by atoms with Gasteiger partial charge in [0.2, 0.25) is 0 Å². The fourth-order valence-corrected chi connectivity index (χ4v) is 0.782. The van der Waals surface area contributed by atoms with Gasteiger partial charge in [-0.3, -0.25) is 4.79 Å². The van der Waals surface area contributed by atoms with Crippen molar-refractivity contribution in [2.45, 2.75) is 20.3 Å². The van der Waals surface area contributed by atoms with E-state index in [4.69, 9.17) is 9.47 Å². The zero-order valence-corrected chi connectivity index (χ0v) is 10.4. The van der Waals surface area contributed by atoms with E-state index in [2.05, 4.69) is 19.7 Å². The Bertz CT molecular complexity index is 352. The first kappa shape index (κ1) is 15.2. The SMILES string of the molecule is C=C(C)C(=C)OCC(=O)OCCC(=O)C(=C)C. The summed E-state index contributed by atoms with van der Waals surface area (Å²) in [6, 6.07) is 0. The Morgan fingerprint density at radius 2 is 1.59 bits per heavy atom. The third-order valence-electron chi connectivity index (χ3n) is 1.91. The molecule has 94 valence electrons. The van der Waals surface area contributed by atoms with E-state index in [1.54, 1.807) is 13.8 Å². The van der Waals surface area contributed by atoms with Crippen LogP contribution in [0.15, 0.2) is 36.6 Å². The summed E-state index contributed by atoms with van der Waals surface area (Å²) in [4.78, 5) is 22.3. The van der Waals surface area contributed by atoms with Gasteiger partial charge in [-0.1, -0.05) is 19.7 Å². The van der Waals surface area contributed by atoms with Gasteiger partial charge in [-0.2, -0.15) is 0 Å². The van der Waals surface area contributed by atoms with Crippen LogP contribution >= 0.6 is 0 Å². The average molecular weight is 238 g/mol. The molecule has 0 rings (SSSR count). The minimum Gasteiger partial charge on any atom is -0.482 e. The smallest absolute Gasteiger partial charge is 0.344 e. The molecular formula is C13H18O4. The van der Waals surface area contributed by atoms with E-state index >= 15 is 0 Å². The molecule has 0 aliphatic rings. The molecule has 0 saturated heterocycles. The van der Waals surface area contributed by atoms with Crippen molar-refractivity contribution in [1.82, 2.24) is 0 Å². The number of hydrogen-bond acceptors (Lipinski definition) is 4. The lowest BCUT2D eigenvalue weighted by molar-refractivity contribution is -0.147. The molecule has 0 radical (unpaired) electrons. The van der Waals surface area contributed by atoms with E-state index < -0.39 is 5.97 Å². The van der Waals surface area contributed by atoms with Crippen LogP contribution in [0.5, 0.6) is 0 Å². The van der Waals surface area contributed by atoms with Crippen LogP contribution in [0.2, 0.25) is 0 Å². The lowest BCUT2D eigenvalue weighted by Crippen LogP contribution is -2.15. The molecule has 0 aromatic rings. The monoisotopic (exact) mass is 238 g/mol. The van der Waals surface area contributed by atoms with Crippen LogP contribution in [0.3, 0.4) is 0 Å². The van der Waals surface area contributed by atoms with E-state index in [1.165, 1.54) is 0 Å². The number of rotatable bonds is 8. The summed E-state index contributed by atoms with van der Waals surface area (Å²) < 4.78 is 9.80. The Morgan fingerprint density at radius 1 is 1.00 bits per heavy atom. The molecular weight excluding hydrogens is 220 g/mol. The minimum absolute atomic E-state index is 0.0352. The van der Waals surface area contributed by atoms with Gasteiger partial charge in [-0.15, -0.1) is 0 Å². The summed E-state index contributed by atoms with van der Waals surface area (Å²) >= 11 is 0. The van der Waals surface area contributed by atoms with E-state index in [-0.39, 0.29) is 25.4 Å². The second-order valence-electron chi connectivity index (χ2n) is 3.67. The highest BCUT2D eigenvalue weighted by Crippen LogP contribution is 2.04. The van der Waals surface area contributed by atoms with Gasteiger partial charge in [0, 0.05) is 6.42 Å². The third kappa shape index (κ3) is 7.11. The van der Waals surface area contributed by atoms with Gasteiger partial charge >= 0.3 is 5.97 Å². The normalized spacial score (nSPS) is 9.29. The number of ether oxygens (including phenoxy) is 2. The molecule has 0 unspecified atom stereocenters. The molecule has 0 heterocycles. The van der Waals surface area contributed by atoms with E-state index in [0.29, 0.717) is 16.9 Å². The molecule has 0 aliphatic heterocycles. The lowest BCUT2D eigenvalue weighted by Gasteiger charge is -2.08. The largest absolute Gasteiger partial charge is 0.482 e. The minimum atomic E-state index is -0.540. The summed E-state index contributed by atoms with van der Waals surface area (Å²) in [6.45, 7) is 13.8. The molecule has 0 amide bonds. The van der Waals surface area contributed by atoms with Crippen molar-refractivity contribution in [3.05, 3.63) is 36.6 Å². The van der Waals surface area contributed by atoms with Crippen molar-refractivity contribution in [3.8, 4) is 0 Å². The predicted molar refractivity (Wildman–Crippen MR) is 65.3 cm³/mol. The number of esters is 1. The van der Waals surface area contributed by atoms with Gasteiger partial charge in [-0.05, 0) is 25.0 Å². The maximum absolute atomic E-state index is 11.2. The van der Waals surface area contributed by atoms with Crippen LogP contribution < -0.4 is 0 Å².